The van der Waals surface area contributed by atoms with E-state index in [-0.39, 0.29) is 5.57 Å². The number of nitrogens with one attached hydrogen (secondary N) is 1. The molecule has 2 rings (SSSR count). The minimum Gasteiger partial charge on any atom is -0.388 e. The summed E-state index contributed by atoms with van der Waals surface area (Å²) < 4.78 is 28.3. The summed E-state index contributed by atoms with van der Waals surface area (Å²) in [5.74, 6) is 0. The molecule has 0 aliphatic heterocycles. The minimum atomic E-state index is -2.96. The summed E-state index contributed by atoms with van der Waals surface area (Å²) in [6.07, 6.45) is -1.88. The molecule has 0 spiro atoms. The van der Waals surface area contributed by atoms with Gasteiger partial charge in [-0.25, -0.2) is 0 Å². The third-order valence-corrected chi connectivity index (χ3v) is 4.46. The molecule has 0 amide bonds. The van der Waals surface area contributed by atoms with Crippen LogP contribution >= 0.6 is 11.3 Å². The maximum Gasteiger partial charge on any atom is 0.345 e. The maximum absolute atomic E-state index is 12.1. The summed E-state index contributed by atoms with van der Waals surface area (Å²) in [5, 5.41) is 34.6. The van der Waals surface area contributed by atoms with Crippen LogP contribution < -0.4 is 5.32 Å². The number of alkyl halides is 2. The van der Waals surface area contributed by atoms with Crippen molar-refractivity contribution < 1.29 is 28.8 Å². The van der Waals surface area contributed by atoms with Crippen LogP contribution in [0.25, 0.3) is 0 Å². The van der Waals surface area contributed by atoms with Crippen molar-refractivity contribution in [2.24, 2.45) is 0 Å². The van der Waals surface area contributed by atoms with Crippen LogP contribution in [-0.4, -0.2) is 59.4 Å². The third-order valence-electron chi connectivity index (χ3n) is 3.52. The van der Waals surface area contributed by atoms with Crippen LogP contribution in [0.1, 0.15) is 4.88 Å². The number of halogens is 2. The minimum absolute atomic E-state index is 0.131. The Morgan fingerprint density at radius 2 is 2.05 bits per heavy atom. The van der Waals surface area contributed by atoms with E-state index in [1.165, 1.54) is 11.0 Å². The van der Waals surface area contributed by atoms with Crippen molar-refractivity contribution in [3.05, 3.63) is 34.0 Å². The lowest BCUT2D eigenvalue weighted by molar-refractivity contribution is -0.129. The van der Waals surface area contributed by atoms with Gasteiger partial charge in [0, 0.05) is 11.4 Å². The van der Waals surface area contributed by atoms with Gasteiger partial charge in [-0.15, -0.1) is 11.3 Å². The van der Waals surface area contributed by atoms with Crippen molar-refractivity contribution in [3.8, 4) is 0 Å². The normalized spacial score (nSPS) is 28.9. The van der Waals surface area contributed by atoms with Gasteiger partial charge < -0.3 is 25.4 Å². The number of hydrogen-bond acceptors (Lipinski definition) is 6. The molecular weight excluding hydrogens is 316 g/mol. The molecule has 5 nitrogen and oxygen atoms in total. The van der Waals surface area contributed by atoms with Crippen LogP contribution in [0.5, 0.6) is 0 Å². The Morgan fingerprint density at radius 1 is 1.27 bits per heavy atom. The number of aliphatic hydroxyl groups is 3. The number of hydrogen-bond donors (Lipinski definition) is 4. The molecule has 124 valence electrons. The van der Waals surface area contributed by atoms with E-state index in [9.17, 15) is 24.1 Å². The highest BCUT2D eigenvalue weighted by Gasteiger charge is 2.37. The predicted octanol–water partition coefficient (Wildman–Crippen LogP) is 0.511. The van der Waals surface area contributed by atoms with E-state index in [4.69, 9.17) is 0 Å². The fourth-order valence-electron chi connectivity index (χ4n) is 2.34. The molecule has 0 aromatic carbocycles. The van der Waals surface area contributed by atoms with Gasteiger partial charge >= 0.3 is 6.61 Å². The molecule has 0 fully saturated rings. The van der Waals surface area contributed by atoms with Crippen LogP contribution in [0.3, 0.4) is 0 Å². The lowest BCUT2D eigenvalue weighted by Crippen LogP contribution is -2.54. The third kappa shape index (κ3) is 4.55. The van der Waals surface area contributed by atoms with E-state index < -0.39 is 37.6 Å². The zero-order chi connectivity index (χ0) is 16.1. The average molecular weight is 335 g/mol. The first-order valence-electron chi connectivity index (χ1n) is 6.89. The van der Waals surface area contributed by atoms with Gasteiger partial charge in [0.05, 0.1) is 12.6 Å². The highest BCUT2D eigenvalue weighted by Crippen LogP contribution is 2.21. The maximum atomic E-state index is 12.1. The molecular formula is C14H19F2NO4S. The van der Waals surface area contributed by atoms with Crippen molar-refractivity contribution in [2.45, 2.75) is 37.4 Å². The van der Waals surface area contributed by atoms with Crippen LogP contribution in [0.4, 0.5) is 8.78 Å². The topological polar surface area (TPSA) is 82.0 Å². The molecule has 0 saturated heterocycles. The average Bonchev–Trinajstić information content (AvgIpc) is 2.99. The number of aliphatic hydroxyl groups excluding tert-OH is 3. The van der Waals surface area contributed by atoms with E-state index in [0.717, 1.165) is 6.42 Å². The molecule has 8 heteroatoms. The molecule has 0 unspecified atom stereocenters. The number of ether oxygens (including phenoxy) is 1. The van der Waals surface area contributed by atoms with E-state index in [1.807, 2.05) is 17.5 Å². The van der Waals surface area contributed by atoms with Crippen molar-refractivity contribution in [3.63, 3.8) is 0 Å². The highest BCUT2D eigenvalue weighted by atomic mass is 32.1. The van der Waals surface area contributed by atoms with Crippen LogP contribution in [-0.2, 0) is 11.2 Å². The van der Waals surface area contributed by atoms with E-state index >= 15 is 0 Å². The van der Waals surface area contributed by atoms with E-state index in [0.29, 0.717) is 6.54 Å². The first-order chi connectivity index (χ1) is 10.5. The van der Waals surface area contributed by atoms with Crippen molar-refractivity contribution in [1.29, 1.82) is 0 Å². The van der Waals surface area contributed by atoms with E-state index in [1.54, 1.807) is 11.3 Å². The SMILES string of the molecule is O[C@@H]1[C@@H](O)[C@@H](O)C(COC(F)F)=C[C@H]1NCCc1cccs1. The Kier molecular flexibility index (Phi) is 6.42. The molecule has 4 atom stereocenters. The largest absolute Gasteiger partial charge is 0.388 e. The fraction of sp³-hybridized carbons (Fsp3) is 0.571. The smallest absolute Gasteiger partial charge is 0.345 e. The van der Waals surface area contributed by atoms with Gasteiger partial charge in [-0.05, 0) is 23.4 Å². The molecule has 1 aromatic rings. The predicted molar refractivity (Wildman–Crippen MR) is 77.9 cm³/mol. The quantitative estimate of drug-likeness (QED) is 0.546. The zero-order valence-corrected chi connectivity index (χ0v) is 12.5. The van der Waals surface area contributed by atoms with Gasteiger partial charge in [0.15, 0.2) is 0 Å². The summed E-state index contributed by atoms with van der Waals surface area (Å²) in [4.78, 5) is 1.17. The molecule has 1 aliphatic rings. The lowest BCUT2D eigenvalue weighted by atomic mass is 9.88. The van der Waals surface area contributed by atoms with Crippen molar-refractivity contribution in [2.75, 3.05) is 13.2 Å². The van der Waals surface area contributed by atoms with Gasteiger partial charge in [0.2, 0.25) is 0 Å². The summed E-state index contributed by atoms with van der Waals surface area (Å²) in [6, 6.07) is 3.30. The van der Waals surface area contributed by atoms with Gasteiger partial charge in [-0.2, -0.15) is 8.78 Å². The Bertz CT molecular complexity index is 483. The lowest BCUT2D eigenvalue weighted by Gasteiger charge is -2.35. The summed E-state index contributed by atoms with van der Waals surface area (Å²) >= 11 is 1.61. The van der Waals surface area contributed by atoms with Crippen molar-refractivity contribution in [1.82, 2.24) is 5.32 Å². The van der Waals surface area contributed by atoms with E-state index in [2.05, 4.69) is 10.1 Å². The fourth-order valence-corrected chi connectivity index (χ4v) is 3.04. The Balaban J connectivity index is 1.94. The molecule has 4 N–H and O–H groups in total. The van der Waals surface area contributed by atoms with Crippen molar-refractivity contribution >= 4 is 11.3 Å². The van der Waals surface area contributed by atoms with Crippen LogP contribution in [0.15, 0.2) is 29.2 Å². The molecule has 0 saturated carbocycles. The Morgan fingerprint density at radius 3 is 2.68 bits per heavy atom. The second-order valence-corrected chi connectivity index (χ2v) is 6.08. The number of rotatable bonds is 7. The monoisotopic (exact) mass is 335 g/mol. The second-order valence-electron chi connectivity index (χ2n) is 5.05. The van der Waals surface area contributed by atoms with Gasteiger partial charge in [0.1, 0.15) is 18.3 Å². The Labute approximate surface area is 130 Å². The molecule has 0 bridgehead atoms. The first-order valence-corrected chi connectivity index (χ1v) is 7.77. The molecule has 0 radical (unpaired) electrons. The first kappa shape index (κ1) is 17.5. The standard InChI is InChI=1S/C14H19F2NO4S/c15-14(16)21-7-8-6-10(12(19)13(20)11(8)18)17-4-3-9-2-1-5-22-9/h1-2,5-6,10-14,17-20H,3-4,7H2/t10-,11+,12+,13+/m1/s1. The number of thiophene rings is 1. The summed E-state index contributed by atoms with van der Waals surface area (Å²) in [5.41, 5.74) is 0.131. The molecule has 1 aromatic heterocycles. The summed E-state index contributed by atoms with van der Waals surface area (Å²) in [6.45, 7) is -2.90. The zero-order valence-electron chi connectivity index (χ0n) is 11.7. The van der Waals surface area contributed by atoms with Gasteiger partial charge in [0.25, 0.3) is 0 Å². The second kappa shape index (κ2) is 8.09. The molecule has 1 heterocycles. The van der Waals surface area contributed by atoms with Gasteiger partial charge in [-0.3, -0.25) is 0 Å². The molecule has 1 aliphatic carbocycles. The Hall–Kier alpha value is -0.900. The van der Waals surface area contributed by atoms with Crippen LogP contribution in [0, 0.1) is 0 Å². The van der Waals surface area contributed by atoms with Gasteiger partial charge in [-0.1, -0.05) is 12.1 Å². The summed E-state index contributed by atoms with van der Waals surface area (Å²) in [7, 11) is 0. The highest BCUT2D eigenvalue weighted by molar-refractivity contribution is 7.09. The molecule has 22 heavy (non-hydrogen) atoms. The van der Waals surface area contributed by atoms with Crippen LogP contribution in [0.2, 0.25) is 0 Å².